The van der Waals surface area contributed by atoms with E-state index in [1.807, 2.05) is 0 Å². The summed E-state index contributed by atoms with van der Waals surface area (Å²) in [5, 5.41) is 0. The first-order chi connectivity index (χ1) is 9.96. The van der Waals surface area contributed by atoms with Gasteiger partial charge < -0.3 is 0 Å². The van der Waals surface area contributed by atoms with Gasteiger partial charge in [0.25, 0.3) is 0 Å². The molecule has 0 N–H and O–H groups in total. The number of hydrogen-bond donors (Lipinski definition) is 0. The summed E-state index contributed by atoms with van der Waals surface area (Å²) in [4.78, 5) is 0. The molecule has 0 nitrogen and oxygen atoms in total. The van der Waals surface area contributed by atoms with E-state index in [0.717, 1.165) is 11.8 Å². The zero-order valence-corrected chi connectivity index (χ0v) is 15.1. The summed E-state index contributed by atoms with van der Waals surface area (Å²) in [5.74, 6) is 1.97. The molecule has 3 saturated carbocycles. The maximum Gasteiger partial charge on any atom is -0.0246 e. The zero-order valence-electron chi connectivity index (χ0n) is 15.1. The van der Waals surface area contributed by atoms with Crippen molar-refractivity contribution < 1.29 is 0 Å². The molecule has 3 rings (SSSR count). The molecular weight excluding hydrogens is 252 g/mol. The molecule has 21 heavy (non-hydrogen) atoms. The largest absolute Gasteiger partial charge is 0.0648 e. The third-order valence-electron chi connectivity index (χ3n) is 8.86. The number of rotatable bonds is 1. The second-order valence-corrected chi connectivity index (χ2v) is 9.50. The van der Waals surface area contributed by atoms with Crippen LogP contribution in [0.15, 0.2) is 0 Å². The Labute approximate surface area is 133 Å². The lowest BCUT2D eigenvalue weighted by Gasteiger charge is -2.59. The first-order valence-electron chi connectivity index (χ1n) is 9.96. The van der Waals surface area contributed by atoms with Crippen molar-refractivity contribution in [3.8, 4) is 0 Å². The third kappa shape index (κ3) is 2.40. The highest BCUT2D eigenvalue weighted by Gasteiger charge is 2.53. The summed E-state index contributed by atoms with van der Waals surface area (Å²) >= 11 is 0. The highest BCUT2D eigenvalue weighted by Crippen LogP contribution is 2.63. The summed E-state index contributed by atoms with van der Waals surface area (Å²) in [5.41, 5.74) is 1.91. The van der Waals surface area contributed by atoms with Gasteiger partial charge in [0.15, 0.2) is 0 Å². The van der Waals surface area contributed by atoms with Gasteiger partial charge in [0, 0.05) is 0 Å². The molecule has 0 saturated heterocycles. The molecule has 3 aliphatic carbocycles. The maximum absolute atomic E-state index is 2.68. The van der Waals surface area contributed by atoms with Gasteiger partial charge in [0.05, 0.1) is 0 Å². The van der Waals surface area contributed by atoms with E-state index in [0.29, 0.717) is 16.2 Å². The minimum Gasteiger partial charge on any atom is -0.0648 e. The predicted molar refractivity (Wildman–Crippen MR) is 92.4 cm³/mol. The molecule has 0 heterocycles. The molecule has 3 fully saturated rings. The van der Waals surface area contributed by atoms with Crippen LogP contribution < -0.4 is 0 Å². The van der Waals surface area contributed by atoms with E-state index in [1.165, 1.54) is 77.0 Å². The lowest BCUT2D eigenvalue weighted by Crippen LogP contribution is -2.49. The summed E-state index contributed by atoms with van der Waals surface area (Å²) < 4.78 is 0. The van der Waals surface area contributed by atoms with Crippen molar-refractivity contribution in [2.75, 3.05) is 0 Å². The van der Waals surface area contributed by atoms with E-state index < -0.39 is 0 Å². The van der Waals surface area contributed by atoms with Crippen molar-refractivity contribution in [3.63, 3.8) is 0 Å². The van der Waals surface area contributed by atoms with E-state index >= 15 is 0 Å². The minimum atomic E-state index is 0.607. The molecule has 0 radical (unpaired) electrons. The second-order valence-electron chi connectivity index (χ2n) is 9.50. The van der Waals surface area contributed by atoms with Crippen molar-refractivity contribution in [3.05, 3.63) is 0 Å². The fraction of sp³-hybridized carbons (Fsp3) is 1.00. The quantitative estimate of drug-likeness (QED) is 0.457. The zero-order chi connectivity index (χ0) is 15.1. The van der Waals surface area contributed by atoms with Gasteiger partial charge in [0.1, 0.15) is 0 Å². The van der Waals surface area contributed by atoms with Crippen molar-refractivity contribution >= 4 is 0 Å². The third-order valence-corrected chi connectivity index (χ3v) is 8.86. The van der Waals surface area contributed by atoms with E-state index in [2.05, 4.69) is 27.7 Å². The van der Waals surface area contributed by atoms with Crippen LogP contribution in [0.1, 0.15) is 105 Å². The molecule has 5 atom stereocenters. The Morgan fingerprint density at radius 2 is 1.48 bits per heavy atom. The Balaban J connectivity index is 2.07. The molecule has 0 aromatic heterocycles. The van der Waals surface area contributed by atoms with Crippen molar-refractivity contribution in [2.24, 2.45) is 28.1 Å². The normalized spacial score (nSPS) is 51.4. The van der Waals surface area contributed by atoms with Crippen LogP contribution in [0.3, 0.4) is 0 Å². The topological polar surface area (TPSA) is 0 Å². The minimum absolute atomic E-state index is 0.607. The van der Waals surface area contributed by atoms with Crippen LogP contribution in [0.4, 0.5) is 0 Å². The Morgan fingerprint density at radius 1 is 0.810 bits per heavy atom. The molecule has 0 heteroatoms. The molecule has 4 bridgehead atoms. The van der Waals surface area contributed by atoms with Crippen LogP contribution in [0.25, 0.3) is 0 Å². The van der Waals surface area contributed by atoms with Crippen LogP contribution in [0.5, 0.6) is 0 Å². The average Bonchev–Trinajstić information content (AvgIpc) is 2.42. The summed E-state index contributed by atoms with van der Waals surface area (Å²) in [7, 11) is 0. The van der Waals surface area contributed by atoms with Gasteiger partial charge in [0.2, 0.25) is 0 Å². The van der Waals surface area contributed by atoms with Gasteiger partial charge in [-0.25, -0.2) is 0 Å². The highest BCUT2D eigenvalue weighted by atomic mass is 14.6. The number of fused-ring (bicyclic) bond motifs is 8. The predicted octanol–water partition coefficient (Wildman–Crippen LogP) is 6.98. The van der Waals surface area contributed by atoms with Gasteiger partial charge >= 0.3 is 0 Å². The first kappa shape index (κ1) is 15.9. The standard InChI is InChI=1S/C21H38/c1-5-21-14-9-8-13-20(4,16-17(21)2)19(3)12-7-6-10-18(21)11-15-19/h17-18H,5-16H2,1-4H3. The first-order valence-corrected chi connectivity index (χ1v) is 9.96. The van der Waals surface area contributed by atoms with Gasteiger partial charge in [-0.2, -0.15) is 0 Å². The Morgan fingerprint density at radius 3 is 2.24 bits per heavy atom. The van der Waals surface area contributed by atoms with Crippen LogP contribution in [0, 0.1) is 28.1 Å². The van der Waals surface area contributed by atoms with E-state index in [9.17, 15) is 0 Å². The van der Waals surface area contributed by atoms with Crippen LogP contribution in [0.2, 0.25) is 0 Å². The summed E-state index contributed by atoms with van der Waals surface area (Å²) in [6.07, 6.45) is 18.1. The molecule has 0 amide bonds. The molecule has 5 unspecified atom stereocenters. The van der Waals surface area contributed by atoms with Crippen molar-refractivity contribution in [1.29, 1.82) is 0 Å². The SMILES string of the molecule is CCC12CCCCC(C)(CC1C)C1(C)CCCCC2CC1. The van der Waals surface area contributed by atoms with Gasteiger partial charge in [-0.05, 0) is 79.4 Å². The summed E-state index contributed by atoms with van der Waals surface area (Å²) in [6.45, 7) is 10.5. The molecule has 0 aliphatic heterocycles. The number of hydrogen-bond acceptors (Lipinski definition) is 0. The summed E-state index contributed by atoms with van der Waals surface area (Å²) in [6, 6.07) is 0. The molecule has 3 aliphatic rings. The molecule has 0 aromatic rings. The van der Waals surface area contributed by atoms with E-state index in [1.54, 1.807) is 0 Å². The van der Waals surface area contributed by atoms with E-state index in [4.69, 9.17) is 0 Å². The van der Waals surface area contributed by atoms with Gasteiger partial charge in [-0.1, -0.05) is 53.4 Å². The Hall–Kier alpha value is 0. The Kier molecular flexibility index (Phi) is 4.21. The van der Waals surface area contributed by atoms with Gasteiger partial charge in [-0.3, -0.25) is 0 Å². The smallest absolute Gasteiger partial charge is 0.0246 e. The highest BCUT2D eigenvalue weighted by molar-refractivity contribution is 5.03. The lowest BCUT2D eigenvalue weighted by molar-refractivity contribution is -0.0887. The molecule has 0 spiro atoms. The molecule has 122 valence electrons. The van der Waals surface area contributed by atoms with Crippen molar-refractivity contribution in [1.82, 2.24) is 0 Å². The molecule has 0 aromatic carbocycles. The van der Waals surface area contributed by atoms with Crippen LogP contribution >= 0.6 is 0 Å². The average molecular weight is 291 g/mol. The van der Waals surface area contributed by atoms with Gasteiger partial charge in [-0.15, -0.1) is 0 Å². The monoisotopic (exact) mass is 290 g/mol. The molecular formula is C21H38. The second kappa shape index (κ2) is 5.57. The van der Waals surface area contributed by atoms with E-state index in [-0.39, 0.29) is 0 Å². The fourth-order valence-corrected chi connectivity index (χ4v) is 7.01. The Bertz CT molecular complexity index is 372. The maximum atomic E-state index is 2.68. The van der Waals surface area contributed by atoms with Crippen molar-refractivity contribution in [2.45, 2.75) is 105 Å². The van der Waals surface area contributed by atoms with Crippen LogP contribution in [-0.4, -0.2) is 0 Å². The fourth-order valence-electron chi connectivity index (χ4n) is 7.01. The lowest BCUT2D eigenvalue weighted by atomic mass is 9.46. The van der Waals surface area contributed by atoms with Crippen LogP contribution in [-0.2, 0) is 0 Å².